The van der Waals surface area contributed by atoms with Gasteiger partial charge in [0.05, 0.1) is 35.7 Å². The number of fused-ring (bicyclic) bond motifs is 1. The van der Waals surface area contributed by atoms with Gasteiger partial charge in [-0.2, -0.15) is 0 Å². The van der Waals surface area contributed by atoms with Gasteiger partial charge < -0.3 is 5.32 Å². The summed E-state index contributed by atoms with van der Waals surface area (Å²) >= 11 is 0. The van der Waals surface area contributed by atoms with Crippen molar-refractivity contribution in [3.8, 4) is 5.69 Å². The van der Waals surface area contributed by atoms with Gasteiger partial charge in [0.2, 0.25) is 0 Å². The van der Waals surface area contributed by atoms with Crippen molar-refractivity contribution >= 4 is 16.9 Å². The zero-order chi connectivity index (χ0) is 17.1. The van der Waals surface area contributed by atoms with Crippen LogP contribution in [0.5, 0.6) is 0 Å². The molecule has 0 aliphatic heterocycles. The third-order valence-electron chi connectivity index (χ3n) is 3.58. The van der Waals surface area contributed by atoms with Crippen molar-refractivity contribution in [2.45, 2.75) is 6.54 Å². The van der Waals surface area contributed by atoms with Gasteiger partial charge in [-0.25, -0.2) is 9.67 Å². The maximum absolute atomic E-state index is 12.3. The second kappa shape index (κ2) is 6.44. The second-order valence-electron chi connectivity index (χ2n) is 5.29. The lowest BCUT2D eigenvalue weighted by atomic mass is 10.3. The summed E-state index contributed by atoms with van der Waals surface area (Å²) in [5.74, 6) is -0.309. The van der Waals surface area contributed by atoms with Gasteiger partial charge in [-0.05, 0) is 24.3 Å². The topological polar surface area (TPSA) is 98.5 Å². The van der Waals surface area contributed by atoms with Gasteiger partial charge >= 0.3 is 0 Å². The molecule has 0 bridgehead atoms. The number of hydrogen-bond acceptors (Lipinski definition) is 6. The fourth-order valence-corrected chi connectivity index (χ4v) is 2.33. The van der Waals surface area contributed by atoms with Crippen LogP contribution in [-0.2, 0) is 6.54 Å². The molecule has 25 heavy (non-hydrogen) atoms. The Balaban J connectivity index is 1.45. The van der Waals surface area contributed by atoms with E-state index in [0.717, 1.165) is 11.2 Å². The fraction of sp³-hybridized carbons (Fsp3) is 0.0588. The molecule has 0 radical (unpaired) electrons. The minimum atomic E-state index is -0.309. The molecule has 8 heteroatoms. The molecule has 4 aromatic rings. The van der Waals surface area contributed by atoms with Crippen LogP contribution in [0, 0.1) is 0 Å². The van der Waals surface area contributed by atoms with Crippen LogP contribution in [0.15, 0.2) is 61.2 Å². The largest absolute Gasteiger partial charge is 0.345 e. The standard InChI is InChI=1S/C17H13N7O/c25-17(16-10-19-14-3-1-2-4-15(14)21-16)20-9-12-11-24(23-22-12)13-5-7-18-8-6-13/h1-8,10-11H,9H2,(H,20,25). The number of carbonyl (C=O) groups excluding carboxylic acids is 1. The summed E-state index contributed by atoms with van der Waals surface area (Å²) in [6.07, 6.45) is 6.57. The number of aromatic nitrogens is 6. The van der Waals surface area contributed by atoms with Crippen LogP contribution in [0.2, 0.25) is 0 Å². The monoisotopic (exact) mass is 331 g/mol. The van der Waals surface area contributed by atoms with Crippen molar-refractivity contribution in [3.63, 3.8) is 0 Å². The minimum absolute atomic E-state index is 0.248. The van der Waals surface area contributed by atoms with Crippen molar-refractivity contribution in [1.29, 1.82) is 0 Å². The maximum Gasteiger partial charge on any atom is 0.271 e. The van der Waals surface area contributed by atoms with Gasteiger partial charge in [-0.3, -0.25) is 14.8 Å². The number of para-hydroxylation sites is 2. The molecule has 0 atom stereocenters. The zero-order valence-corrected chi connectivity index (χ0v) is 13.1. The Morgan fingerprint density at radius 2 is 1.88 bits per heavy atom. The normalized spacial score (nSPS) is 10.7. The number of benzene rings is 1. The molecule has 0 aliphatic rings. The van der Waals surface area contributed by atoms with Crippen LogP contribution in [0.3, 0.4) is 0 Å². The summed E-state index contributed by atoms with van der Waals surface area (Å²) in [5.41, 5.74) is 3.18. The zero-order valence-electron chi connectivity index (χ0n) is 13.1. The molecule has 0 aliphatic carbocycles. The Morgan fingerprint density at radius 1 is 1.08 bits per heavy atom. The van der Waals surface area contributed by atoms with E-state index in [1.165, 1.54) is 6.20 Å². The smallest absolute Gasteiger partial charge is 0.271 e. The van der Waals surface area contributed by atoms with Crippen LogP contribution in [-0.4, -0.2) is 35.9 Å². The number of pyridine rings is 1. The fourth-order valence-electron chi connectivity index (χ4n) is 2.33. The van der Waals surface area contributed by atoms with Gasteiger partial charge in [0.25, 0.3) is 5.91 Å². The molecule has 3 heterocycles. The van der Waals surface area contributed by atoms with Crippen molar-refractivity contribution < 1.29 is 4.79 Å². The molecular formula is C17H13N7O. The predicted octanol–water partition coefficient (Wildman–Crippen LogP) is 1.54. The number of carbonyl (C=O) groups is 1. The van der Waals surface area contributed by atoms with Gasteiger partial charge in [0.1, 0.15) is 11.4 Å². The molecule has 122 valence electrons. The van der Waals surface area contributed by atoms with Gasteiger partial charge in [0, 0.05) is 12.4 Å². The Hall–Kier alpha value is -3.68. The van der Waals surface area contributed by atoms with Gasteiger partial charge in [0.15, 0.2) is 0 Å². The summed E-state index contributed by atoms with van der Waals surface area (Å²) in [7, 11) is 0. The summed E-state index contributed by atoms with van der Waals surface area (Å²) in [5, 5.41) is 10.9. The lowest BCUT2D eigenvalue weighted by Crippen LogP contribution is -2.24. The molecule has 0 spiro atoms. The van der Waals surface area contributed by atoms with E-state index in [-0.39, 0.29) is 18.1 Å². The average Bonchev–Trinajstić information content (AvgIpc) is 3.15. The van der Waals surface area contributed by atoms with E-state index >= 15 is 0 Å². The molecule has 0 unspecified atom stereocenters. The highest BCUT2D eigenvalue weighted by Gasteiger charge is 2.10. The van der Waals surface area contributed by atoms with Gasteiger partial charge in [-0.15, -0.1) is 5.10 Å². The quantitative estimate of drug-likeness (QED) is 0.609. The molecule has 1 N–H and O–H groups in total. The third-order valence-corrected chi connectivity index (χ3v) is 3.58. The molecule has 0 saturated heterocycles. The van der Waals surface area contributed by atoms with Crippen molar-refractivity contribution in [3.05, 3.63) is 72.6 Å². The van der Waals surface area contributed by atoms with Crippen molar-refractivity contribution in [2.75, 3.05) is 0 Å². The Morgan fingerprint density at radius 3 is 2.72 bits per heavy atom. The molecule has 4 rings (SSSR count). The Labute approximate surface area is 142 Å². The summed E-state index contributed by atoms with van der Waals surface area (Å²) in [4.78, 5) is 24.8. The molecule has 0 saturated carbocycles. The van der Waals surface area contributed by atoms with Crippen LogP contribution < -0.4 is 5.32 Å². The highest BCUT2D eigenvalue weighted by Crippen LogP contribution is 2.09. The van der Waals surface area contributed by atoms with Crippen molar-refractivity contribution in [1.82, 2.24) is 35.3 Å². The first-order valence-electron chi connectivity index (χ1n) is 7.61. The minimum Gasteiger partial charge on any atom is -0.345 e. The SMILES string of the molecule is O=C(NCc1cn(-c2ccncc2)nn1)c1cnc2ccccc2n1. The first-order chi connectivity index (χ1) is 12.3. The average molecular weight is 331 g/mol. The van der Waals surface area contributed by atoms with Crippen LogP contribution in [0.1, 0.15) is 16.2 Å². The Bertz CT molecular complexity index is 1030. The number of hydrogen-bond donors (Lipinski definition) is 1. The number of nitrogens with one attached hydrogen (secondary N) is 1. The first-order valence-corrected chi connectivity index (χ1v) is 7.61. The molecule has 1 amide bonds. The molecule has 3 aromatic heterocycles. The van der Waals surface area contributed by atoms with E-state index in [9.17, 15) is 4.79 Å². The highest BCUT2D eigenvalue weighted by atomic mass is 16.1. The maximum atomic E-state index is 12.3. The van der Waals surface area contributed by atoms with E-state index in [0.29, 0.717) is 11.2 Å². The molecular weight excluding hydrogens is 318 g/mol. The summed E-state index contributed by atoms with van der Waals surface area (Å²) < 4.78 is 1.62. The van der Waals surface area contributed by atoms with E-state index in [2.05, 4.69) is 30.6 Å². The number of nitrogens with zero attached hydrogens (tertiary/aromatic N) is 6. The Kier molecular flexibility index (Phi) is 3.83. The van der Waals surface area contributed by atoms with E-state index in [4.69, 9.17) is 0 Å². The van der Waals surface area contributed by atoms with E-state index in [1.807, 2.05) is 36.4 Å². The van der Waals surface area contributed by atoms with Crippen LogP contribution in [0.25, 0.3) is 16.7 Å². The van der Waals surface area contributed by atoms with E-state index < -0.39 is 0 Å². The first kappa shape index (κ1) is 14.9. The third kappa shape index (κ3) is 3.18. The second-order valence-corrected chi connectivity index (χ2v) is 5.29. The molecule has 1 aromatic carbocycles. The van der Waals surface area contributed by atoms with Crippen molar-refractivity contribution in [2.24, 2.45) is 0 Å². The predicted molar refractivity (Wildman–Crippen MR) is 89.9 cm³/mol. The lowest BCUT2D eigenvalue weighted by Gasteiger charge is -2.03. The van der Waals surface area contributed by atoms with Crippen LogP contribution >= 0.6 is 0 Å². The number of rotatable bonds is 4. The summed E-state index contributed by atoms with van der Waals surface area (Å²) in [6, 6.07) is 11.0. The molecule has 8 nitrogen and oxygen atoms in total. The number of amides is 1. The molecule has 0 fully saturated rings. The van der Waals surface area contributed by atoms with Crippen LogP contribution in [0.4, 0.5) is 0 Å². The summed E-state index contributed by atoms with van der Waals surface area (Å²) in [6.45, 7) is 0.248. The van der Waals surface area contributed by atoms with E-state index in [1.54, 1.807) is 23.3 Å². The lowest BCUT2D eigenvalue weighted by molar-refractivity contribution is 0.0945. The highest BCUT2D eigenvalue weighted by molar-refractivity contribution is 5.93. The van der Waals surface area contributed by atoms with Gasteiger partial charge in [-0.1, -0.05) is 17.3 Å².